The van der Waals surface area contributed by atoms with Crippen LogP contribution >= 0.6 is 0 Å². The van der Waals surface area contributed by atoms with E-state index in [0.29, 0.717) is 11.6 Å². The smallest absolute Gasteiger partial charge is 0.0470 e. The Labute approximate surface area is 181 Å². The Balaban J connectivity index is 1.23. The Bertz CT molecular complexity index is 915. The Morgan fingerprint density at radius 3 is 2.43 bits per heavy atom. The Kier molecular flexibility index (Phi) is 4.47. The van der Waals surface area contributed by atoms with Crippen molar-refractivity contribution in [1.82, 2.24) is 9.80 Å². The van der Waals surface area contributed by atoms with E-state index < -0.39 is 0 Å². The van der Waals surface area contributed by atoms with Crippen LogP contribution in [0.1, 0.15) is 29.5 Å². The van der Waals surface area contributed by atoms with Crippen molar-refractivity contribution in [2.75, 3.05) is 44.7 Å². The molecule has 3 heterocycles. The number of fused-ring (bicyclic) bond motifs is 3. The molecule has 0 unspecified atom stereocenters. The molecule has 1 spiro atoms. The van der Waals surface area contributed by atoms with Gasteiger partial charge in [-0.05, 0) is 74.4 Å². The zero-order chi connectivity index (χ0) is 20.3. The molecule has 0 bridgehead atoms. The summed E-state index contributed by atoms with van der Waals surface area (Å²) in [5, 5.41) is 0. The van der Waals surface area contributed by atoms with Gasteiger partial charge in [-0.15, -0.1) is 0 Å². The normalized spacial score (nSPS) is 30.7. The molecule has 1 aliphatic carbocycles. The van der Waals surface area contributed by atoms with Crippen LogP contribution in [0.3, 0.4) is 0 Å². The summed E-state index contributed by atoms with van der Waals surface area (Å²) >= 11 is 0. The molecule has 2 aromatic rings. The molecule has 0 saturated carbocycles. The highest BCUT2D eigenvalue weighted by molar-refractivity contribution is 5.52. The van der Waals surface area contributed by atoms with E-state index in [-0.39, 0.29) is 0 Å². The van der Waals surface area contributed by atoms with Crippen LogP contribution in [0.2, 0.25) is 0 Å². The number of para-hydroxylation sites is 1. The van der Waals surface area contributed by atoms with Crippen LogP contribution in [0, 0.1) is 18.8 Å². The molecule has 3 aliphatic heterocycles. The van der Waals surface area contributed by atoms with Crippen LogP contribution < -0.4 is 4.90 Å². The molecule has 0 aromatic heterocycles. The van der Waals surface area contributed by atoms with Gasteiger partial charge in [0.25, 0.3) is 0 Å². The van der Waals surface area contributed by atoms with E-state index in [1.165, 1.54) is 69.7 Å². The molecule has 158 valence electrons. The first-order valence-electron chi connectivity index (χ1n) is 12.0. The van der Waals surface area contributed by atoms with Gasteiger partial charge in [0, 0.05) is 55.9 Å². The largest absolute Gasteiger partial charge is 0.365 e. The number of aryl methyl sites for hydroxylation is 1. The second-order valence-electron chi connectivity index (χ2n) is 10.4. The fourth-order valence-electron chi connectivity index (χ4n) is 7.45. The third-order valence-electron chi connectivity index (χ3n) is 8.92. The van der Waals surface area contributed by atoms with E-state index in [9.17, 15) is 0 Å². The van der Waals surface area contributed by atoms with Gasteiger partial charge in [-0.3, -0.25) is 4.90 Å². The molecule has 0 N–H and O–H groups in total. The van der Waals surface area contributed by atoms with Crippen LogP contribution in [0.4, 0.5) is 5.69 Å². The van der Waals surface area contributed by atoms with Crippen LogP contribution in [0.15, 0.2) is 48.5 Å². The lowest BCUT2D eigenvalue weighted by Gasteiger charge is -2.50. The number of nitrogens with zero attached hydrogens (tertiary/aromatic N) is 3. The summed E-state index contributed by atoms with van der Waals surface area (Å²) in [7, 11) is 2.33. The van der Waals surface area contributed by atoms with Crippen molar-refractivity contribution in [2.45, 2.75) is 44.2 Å². The molecule has 3 nitrogen and oxygen atoms in total. The Morgan fingerprint density at radius 1 is 0.867 bits per heavy atom. The van der Waals surface area contributed by atoms with Crippen LogP contribution in [-0.2, 0) is 12.8 Å². The van der Waals surface area contributed by atoms with E-state index >= 15 is 0 Å². The van der Waals surface area contributed by atoms with Gasteiger partial charge < -0.3 is 9.80 Å². The maximum Gasteiger partial charge on any atom is 0.0470 e. The topological polar surface area (TPSA) is 9.72 Å². The molecular formula is C27H35N3. The standard InChI is InChI=1S/C27H35N3/c1-20-7-6-8-21-15-24(16-25(20)21)29-13-11-27(12-14-29)26-19-28(2)17-22(26)18-30(27)23-9-4-3-5-10-23/h3-10,22,24,26H,11-19H2,1-2H3/t22-,24+,26+/m0/s1. The van der Waals surface area contributed by atoms with Gasteiger partial charge in [-0.2, -0.15) is 0 Å². The summed E-state index contributed by atoms with van der Waals surface area (Å²) in [6.07, 6.45) is 5.15. The summed E-state index contributed by atoms with van der Waals surface area (Å²) in [5.41, 5.74) is 6.53. The van der Waals surface area contributed by atoms with Crippen molar-refractivity contribution < 1.29 is 0 Å². The molecule has 30 heavy (non-hydrogen) atoms. The van der Waals surface area contributed by atoms with Crippen molar-refractivity contribution in [2.24, 2.45) is 11.8 Å². The number of rotatable bonds is 2. The maximum atomic E-state index is 2.83. The van der Waals surface area contributed by atoms with Gasteiger partial charge in [0.05, 0.1) is 0 Å². The first kappa shape index (κ1) is 18.9. The minimum absolute atomic E-state index is 0.356. The number of benzene rings is 2. The zero-order valence-corrected chi connectivity index (χ0v) is 18.6. The number of anilines is 1. The van der Waals surface area contributed by atoms with Gasteiger partial charge in [0.15, 0.2) is 0 Å². The van der Waals surface area contributed by atoms with Gasteiger partial charge in [-0.1, -0.05) is 36.4 Å². The van der Waals surface area contributed by atoms with Crippen molar-refractivity contribution in [3.63, 3.8) is 0 Å². The summed E-state index contributed by atoms with van der Waals surface area (Å²) < 4.78 is 0. The van der Waals surface area contributed by atoms with E-state index in [1.54, 1.807) is 11.1 Å². The third kappa shape index (κ3) is 2.85. The van der Waals surface area contributed by atoms with E-state index in [4.69, 9.17) is 0 Å². The summed E-state index contributed by atoms with van der Waals surface area (Å²) in [5.74, 6) is 1.66. The van der Waals surface area contributed by atoms with E-state index in [0.717, 1.165) is 11.8 Å². The lowest BCUT2D eigenvalue weighted by atomic mass is 9.74. The van der Waals surface area contributed by atoms with E-state index in [1.807, 2.05) is 0 Å². The minimum Gasteiger partial charge on any atom is -0.365 e. The van der Waals surface area contributed by atoms with Gasteiger partial charge in [-0.25, -0.2) is 0 Å². The molecule has 2 aromatic carbocycles. The van der Waals surface area contributed by atoms with Crippen molar-refractivity contribution >= 4 is 5.69 Å². The molecule has 4 aliphatic rings. The lowest BCUT2D eigenvalue weighted by Crippen LogP contribution is -2.58. The van der Waals surface area contributed by atoms with Gasteiger partial charge in [0.1, 0.15) is 0 Å². The highest BCUT2D eigenvalue weighted by Crippen LogP contribution is 2.50. The molecule has 0 radical (unpaired) electrons. The minimum atomic E-state index is 0.356. The second-order valence-corrected chi connectivity index (χ2v) is 10.4. The number of likely N-dealkylation sites (tertiary alicyclic amines) is 2. The molecular weight excluding hydrogens is 366 g/mol. The Hall–Kier alpha value is -1.84. The molecule has 3 fully saturated rings. The van der Waals surface area contributed by atoms with Gasteiger partial charge >= 0.3 is 0 Å². The van der Waals surface area contributed by atoms with Crippen LogP contribution in [0.25, 0.3) is 0 Å². The highest BCUT2D eigenvalue weighted by atomic mass is 15.3. The Morgan fingerprint density at radius 2 is 1.67 bits per heavy atom. The third-order valence-corrected chi connectivity index (χ3v) is 8.92. The van der Waals surface area contributed by atoms with Crippen LogP contribution in [-0.4, -0.2) is 61.2 Å². The average molecular weight is 402 g/mol. The molecule has 3 saturated heterocycles. The molecule has 3 atom stereocenters. The van der Waals surface area contributed by atoms with E-state index in [2.05, 4.69) is 77.2 Å². The first-order valence-corrected chi connectivity index (χ1v) is 12.0. The monoisotopic (exact) mass is 401 g/mol. The SMILES string of the molecule is Cc1cccc2c1C[C@H](N1CCC3(CC1)[C@@H]1CN(C)C[C@H]1CN3c1ccccc1)C2. The first-order chi connectivity index (χ1) is 14.6. The second kappa shape index (κ2) is 7.10. The summed E-state index contributed by atoms with van der Waals surface area (Å²) in [6, 6.07) is 18.9. The fraction of sp³-hybridized carbons (Fsp3) is 0.556. The quantitative estimate of drug-likeness (QED) is 0.753. The molecule has 0 amide bonds. The molecule has 3 heteroatoms. The molecule has 6 rings (SSSR count). The predicted octanol–water partition coefficient (Wildman–Crippen LogP) is 3.99. The van der Waals surface area contributed by atoms with Gasteiger partial charge in [0.2, 0.25) is 0 Å². The number of piperidine rings is 1. The summed E-state index contributed by atoms with van der Waals surface area (Å²) in [6.45, 7) is 8.60. The lowest BCUT2D eigenvalue weighted by molar-refractivity contribution is 0.0963. The number of hydrogen-bond acceptors (Lipinski definition) is 3. The number of hydrogen-bond donors (Lipinski definition) is 0. The zero-order valence-electron chi connectivity index (χ0n) is 18.6. The summed E-state index contributed by atoms with van der Waals surface area (Å²) in [4.78, 5) is 8.25. The average Bonchev–Trinajstić information content (AvgIpc) is 3.43. The van der Waals surface area contributed by atoms with Crippen molar-refractivity contribution in [3.05, 3.63) is 65.2 Å². The van der Waals surface area contributed by atoms with Crippen LogP contribution in [0.5, 0.6) is 0 Å². The maximum absolute atomic E-state index is 2.83. The predicted molar refractivity (Wildman–Crippen MR) is 124 cm³/mol. The highest BCUT2D eigenvalue weighted by Gasteiger charge is 2.57. The van der Waals surface area contributed by atoms with Crippen molar-refractivity contribution in [3.8, 4) is 0 Å². The van der Waals surface area contributed by atoms with Crippen molar-refractivity contribution in [1.29, 1.82) is 0 Å². The fourth-order valence-corrected chi connectivity index (χ4v) is 7.45.